The third-order valence-electron chi connectivity index (χ3n) is 3.29. The van der Waals surface area contributed by atoms with E-state index >= 15 is 0 Å². The Morgan fingerprint density at radius 3 is 2.76 bits per heavy atom. The van der Waals surface area contributed by atoms with Gasteiger partial charge in [-0.3, -0.25) is 4.40 Å². The monoisotopic (exact) mass is 360 g/mol. The van der Waals surface area contributed by atoms with Crippen LogP contribution in [0, 0.1) is 0 Å². The first kappa shape index (κ1) is 14.4. The molecule has 0 fully saturated rings. The first-order valence-electron chi connectivity index (χ1n) is 6.55. The maximum absolute atomic E-state index is 5.16. The second kappa shape index (κ2) is 6.06. The number of ether oxygens (including phenoxy) is 1. The second-order valence-electron chi connectivity index (χ2n) is 4.64. The summed E-state index contributed by atoms with van der Waals surface area (Å²) in [7, 11) is 1.67. The highest BCUT2D eigenvalue weighted by Crippen LogP contribution is 2.18. The summed E-state index contributed by atoms with van der Waals surface area (Å²) in [4.78, 5) is 8.89. The zero-order chi connectivity index (χ0) is 14.8. The molecule has 0 aliphatic carbocycles. The normalized spacial score (nSPS) is 10.8. The van der Waals surface area contributed by atoms with Crippen molar-refractivity contribution in [2.24, 2.45) is 0 Å². The fourth-order valence-corrected chi connectivity index (χ4v) is 3.78. The number of nitrogens with one attached hydrogen (secondary N) is 1. The van der Waals surface area contributed by atoms with Gasteiger partial charge in [-0.2, -0.15) is 0 Å². The van der Waals surface area contributed by atoms with E-state index in [9.17, 15) is 0 Å². The number of rotatable bonds is 4. The summed E-state index contributed by atoms with van der Waals surface area (Å²) in [6.07, 6.45) is 1.79. The topological polar surface area (TPSA) is 51.5 Å². The van der Waals surface area contributed by atoms with Crippen LogP contribution < -0.4 is 14.7 Å². The summed E-state index contributed by atoms with van der Waals surface area (Å²) >= 11 is 4.34. The van der Waals surface area contributed by atoms with Crippen LogP contribution in [0.4, 0.5) is 5.95 Å². The summed E-state index contributed by atoms with van der Waals surface area (Å²) in [6, 6.07) is 9.94. The minimum Gasteiger partial charge on any atom is -0.497 e. The highest BCUT2D eigenvalue weighted by molar-refractivity contribution is 9.10. The molecule has 1 N–H and O–H groups in total. The molecule has 0 saturated heterocycles. The lowest BCUT2D eigenvalue weighted by Gasteiger charge is -2.09. The van der Waals surface area contributed by atoms with E-state index < -0.39 is 0 Å². The molecule has 0 unspecified atom stereocenters. The van der Waals surface area contributed by atoms with Crippen LogP contribution in [-0.2, 0) is 6.54 Å². The van der Waals surface area contributed by atoms with Gasteiger partial charge in [0, 0.05) is 17.4 Å². The van der Waals surface area contributed by atoms with Gasteiger partial charge in [0.25, 0.3) is 0 Å². The molecule has 1 aromatic carbocycles. The van der Waals surface area contributed by atoms with Gasteiger partial charge < -0.3 is 10.1 Å². The van der Waals surface area contributed by atoms with Crippen LogP contribution in [0.15, 0.2) is 41.1 Å². The smallest absolute Gasteiger partial charge is 0.319 e. The molecule has 5 nitrogen and oxygen atoms in total. The van der Waals surface area contributed by atoms with Gasteiger partial charge in [-0.25, -0.2) is 9.97 Å². The molecule has 0 aliphatic heterocycles. The van der Waals surface area contributed by atoms with Crippen molar-refractivity contribution in [1.29, 1.82) is 0 Å². The number of imidazole rings is 1. The molecule has 2 aromatic heterocycles. The number of halogens is 1. The Morgan fingerprint density at radius 1 is 1.29 bits per heavy atom. The number of hydrogen-bond acceptors (Lipinski definition) is 4. The van der Waals surface area contributed by atoms with Gasteiger partial charge >= 0.3 is 16.3 Å². The minimum atomic E-state index is 0.701. The molecule has 3 aromatic rings. The Balaban J connectivity index is 1.84. The van der Waals surface area contributed by atoms with Crippen molar-refractivity contribution in [2.45, 2.75) is 6.54 Å². The minimum absolute atomic E-state index is 0.701. The summed E-state index contributed by atoms with van der Waals surface area (Å²) in [5, 5.41) is 3.37. The maximum Gasteiger partial charge on any atom is 0.319 e. The van der Waals surface area contributed by atoms with Crippen LogP contribution in [0.2, 0.25) is 0 Å². The Hall–Kier alpha value is -1.55. The molecule has 0 atom stereocenters. The Kier molecular flexibility index (Phi) is 4.15. The zero-order valence-electron chi connectivity index (χ0n) is 11.8. The molecule has 21 heavy (non-hydrogen) atoms. The third-order valence-corrected chi connectivity index (χ3v) is 4.54. The fraction of sp³-hybridized carbons (Fsp3) is 0.143. The van der Waals surface area contributed by atoms with Gasteiger partial charge in [-0.05, 0) is 39.7 Å². The first-order valence-corrected chi connectivity index (χ1v) is 8.34. The molecule has 0 saturated carbocycles. The number of nitrogens with zero attached hydrogens (tertiary/aromatic N) is 3. The van der Waals surface area contributed by atoms with Crippen LogP contribution in [0.25, 0.3) is 5.52 Å². The lowest BCUT2D eigenvalue weighted by molar-refractivity contribution is 0.414. The molecular weight excluding hydrogens is 347 g/mol. The third kappa shape index (κ3) is 2.91. The molecule has 106 valence electrons. The van der Waals surface area contributed by atoms with E-state index in [1.807, 2.05) is 30.3 Å². The van der Waals surface area contributed by atoms with E-state index in [1.54, 1.807) is 13.3 Å². The predicted molar refractivity (Wildman–Crippen MR) is 89.2 cm³/mol. The molecule has 0 spiro atoms. The number of benzene rings is 1. The predicted octanol–water partition coefficient (Wildman–Crippen LogP) is 1.37. The van der Waals surface area contributed by atoms with Crippen molar-refractivity contribution in [3.05, 3.63) is 46.7 Å². The number of aromatic nitrogens is 3. The van der Waals surface area contributed by atoms with Crippen LogP contribution in [0.3, 0.4) is 0 Å². The highest BCUT2D eigenvalue weighted by Gasteiger charge is 2.09. The summed E-state index contributed by atoms with van der Waals surface area (Å²) in [5.41, 5.74) is 2.20. The average molecular weight is 361 g/mol. The highest BCUT2D eigenvalue weighted by atomic mass is 79.9. The van der Waals surface area contributed by atoms with Crippen molar-refractivity contribution in [1.82, 2.24) is 14.4 Å². The quantitative estimate of drug-likeness (QED) is 0.714. The molecule has 0 aliphatic rings. The number of fused-ring (bicyclic) bond motifs is 1. The van der Waals surface area contributed by atoms with Crippen LogP contribution >= 0.6 is 15.9 Å². The summed E-state index contributed by atoms with van der Waals surface area (Å²) < 4.78 is 9.11. The Morgan fingerprint density at radius 2 is 2.05 bits per heavy atom. The number of methoxy groups -OCH3 is 1. The molecule has 2 heterocycles. The number of anilines is 1. The zero-order valence-corrected chi connectivity index (χ0v) is 15.4. The van der Waals surface area contributed by atoms with E-state index in [0.717, 1.165) is 42.8 Å². The first-order chi connectivity index (χ1) is 10.2. The van der Waals surface area contributed by atoms with Gasteiger partial charge in [0.15, 0.2) is 0 Å². The van der Waals surface area contributed by atoms with Gasteiger partial charge in [0.2, 0.25) is 5.95 Å². The largest absolute Gasteiger partial charge is 0.497 e. The van der Waals surface area contributed by atoms with E-state index in [-0.39, 0.29) is 0 Å². The molecule has 7 heteroatoms. The van der Waals surface area contributed by atoms with Crippen LogP contribution in [0.5, 0.6) is 5.75 Å². The van der Waals surface area contributed by atoms with Gasteiger partial charge in [-0.15, -0.1) is 0 Å². The average Bonchev–Trinajstić information content (AvgIpc) is 2.81. The number of hydrogen-bond donors (Lipinski definition) is 1. The lowest BCUT2D eigenvalue weighted by atomic mass is 10.2. The Labute approximate surface area is 138 Å². The second-order valence-corrected chi connectivity index (χ2v) is 6.29. The van der Waals surface area contributed by atoms with Crippen molar-refractivity contribution in [2.75, 3.05) is 12.4 Å². The summed E-state index contributed by atoms with van der Waals surface area (Å²) in [5.74, 6) is 1.67. The van der Waals surface area contributed by atoms with Crippen molar-refractivity contribution < 1.29 is 4.74 Å². The molecule has 3 rings (SSSR count). The maximum atomic E-state index is 5.16. The van der Waals surface area contributed by atoms with Gasteiger partial charge in [0.05, 0.1) is 12.6 Å². The van der Waals surface area contributed by atoms with E-state index in [1.165, 1.54) is 5.56 Å². The van der Waals surface area contributed by atoms with Crippen LogP contribution in [0.1, 0.15) is 5.56 Å². The molecule has 0 amide bonds. The van der Waals surface area contributed by atoms with Gasteiger partial charge in [-0.1, -0.05) is 12.1 Å². The van der Waals surface area contributed by atoms with E-state index in [0.29, 0.717) is 6.54 Å². The SMILES string of the molecule is COc1ccc(CNc2nccc3c(Br)n[c]([AlH2])n23)cc1. The van der Waals surface area contributed by atoms with Crippen molar-refractivity contribution in [3.63, 3.8) is 0 Å². The van der Waals surface area contributed by atoms with Crippen LogP contribution in [-0.4, -0.2) is 37.8 Å². The fourth-order valence-electron chi connectivity index (χ4n) is 2.21. The van der Waals surface area contributed by atoms with E-state index in [2.05, 4.69) is 35.6 Å². The van der Waals surface area contributed by atoms with Gasteiger partial charge in [0.1, 0.15) is 10.4 Å². The Bertz CT molecular complexity index is 772. The van der Waals surface area contributed by atoms with E-state index in [4.69, 9.17) is 4.74 Å². The van der Waals surface area contributed by atoms with Crippen molar-refractivity contribution >= 4 is 48.4 Å². The summed E-state index contributed by atoms with van der Waals surface area (Å²) in [6.45, 7) is 0.701. The molecule has 0 bridgehead atoms. The standard InChI is InChI=1S/C14H12BrN4O.Al.2H/c1-20-11-4-2-10(3-5-11)8-17-14-16-7-6-12-13(15)18-9-19(12)14;;;/h2-7H,8H2,1H3,(H,16,17);;;. The molecule has 0 radical (unpaired) electrons. The van der Waals surface area contributed by atoms with Crippen molar-refractivity contribution in [3.8, 4) is 5.75 Å². The lowest BCUT2D eigenvalue weighted by Crippen LogP contribution is -2.17. The molecular formula is C14H14AlBrN4O.